The number of nitrogens with zero attached hydrogens (tertiary/aromatic N) is 3. The SMILES string of the molecule is CCN(CC)C(=O)C(Oc1nc2ccccc2nc1NS(=O)(=O)c1ccccc1Cl)c1ccccc1. The van der Waals surface area contributed by atoms with Crippen LogP contribution in [0, 0.1) is 0 Å². The second-order valence-corrected chi connectivity index (χ2v) is 9.88. The Morgan fingerprint density at radius 1 is 0.917 bits per heavy atom. The topological polar surface area (TPSA) is 101 Å². The van der Waals surface area contributed by atoms with Crippen molar-refractivity contribution in [1.29, 1.82) is 0 Å². The Labute approximate surface area is 215 Å². The fourth-order valence-corrected chi connectivity index (χ4v) is 5.20. The average molecular weight is 525 g/mol. The van der Waals surface area contributed by atoms with Crippen molar-refractivity contribution in [2.75, 3.05) is 17.8 Å². The molecule has 0 fully saturated rings. The van der Waals surface area contributed by atoms with Crippen molar-refractivity contribution < 1.29 is 17.9 Å². The number of ether oxygens (including phenoxy) is 1. The summed E-state index contributed by atoms with van der Waals surface area (Å²) in [7, 11) is -4.14. The molecule has 1 heterocycles. The lowest BCUT2D eigenvalue weighted by Gasteiger charge is -2.26. The van der Waals surface area contributed by atoms with E-state index in [9.17, 15) is 13.2 Å². The van der Waals surface area contributed by atoms with E-state index in [-0.39, 0.29) is 27.5 Å². The number of aromatic nitrogens is 2. The molecule has 8 nitrogen and oxygen atoms in total. The predicted molar refractivity (Wildman–Crippen MR) is 140 cm³/mol. The summed E-state index contributed by atoms with van der Waals surface area (Å²) in [6.45, 7) is 4.72. The molecule has 0 saturated heterocycles. The van der Waals surface area contributed by atoms with E-state index in [1.165, 1.54) is 12.1 Å². The summed E-state index contributed by atoms with van der Waals surface area (Å²) in [5.74, 6) is -0.554. The molecular weight excluding hydrogens is 500 g/mol. The predicted octanol–water partition coefficient (Wildman–Crippen LogP) is 5.07. The minimum absolute atomic E-state index is 0.0556. The monoisotopic (exact) mass is 524 g/mol. The summed E-state index contributed by atoms with van der Waals surface area (Å²) in [6.07, 6.45) is -1.06. The molecule has 1 N–H and O–H groups in total. The van der Waals surface area contributed by atoms with Crippen LogP contribution in [0.5, 0.6) is 5.88 Å². The van der Waals surface area contributed by atoms with Crippen molar-refractivity contribution in [3.05, 3.63) is 89.4 Å². The maximum absolute atomic E-state index is 13.4. The highest BCUT2D eigenvalue weighted by Crippen LogP contribution is 2.32. The van der Waals surface area contributed by atoms with Crippen molar-refractivity contribution in [3.63, 3.8) is 0 Å². The number of hydrogen-bond donors (Lipinski definition) is 1. The highest BCUT2D eigenvalue weighted by molar-refractivity contribution is 7.92. The second-order valence-electron chi connectivity index (χ2n) is 7.82. The van der Waals surface area contributed by atoms with Gasteiger partial charge in [0.05, 0.1) is 16.1 Å². The molecule has 3 aromatic carbocycles. The number of halogens is 1. The van der Waals surface area contributed by atoms with Crippen LogP contribution in [0.3, 0.4) is 0 Å². The standard InChI is InChI=1S/C26H25ClN4O4S/c1-3-31(4-2)26(32)23(18-12-6-5-7-13-18)35-25-24(28-20-15-9-10-16-21(20)29-25)30-36(33,34)22-17-11-8-14-19(22)27/h5-17,23H,3-4H2,1-2H3,(H,28,30). The molecule has 0 radical (unpaired) electrons. The molecule has 0 aliphatic heterocycles. The van der Waals surface area contributed by atoms with Gasteiger partial charge in [-0.25, -0.2) is 18.4 Å². The van der Waals surface area contributed by atoms with E-state index < -0.39 is 16.1 Å². The van der Waals surface area contributed by atoms with Gasteiger partial charge >= 0.3 is 0 Å². The number of nitrogens with one attached hydrogen (secondary N) is 1. The Bertz CT molecular complexity index is 1480. The molecule has 4 aromatic rings. The van der Waals surface area contributed by atoms with Gasteiger partial charge in [0.15, 0.2) is 0 Å². The van der Waals surface area contributed by atoms with Gasteiger partial charge in [0.2, 0.25) is 11.9 Å². The van der Waals surface area contributed by atoms with Gasteiger partial charge in [-0.05, 0) is 38.1 Å². The molecule has 0 saturated carbocycles. The number of hydrogen-bond acceptors (Lipinski definition) is 6. The molecule has 1 unspecified atom stereocenters. The van der Waals surface area contributed by atoms with Crippen LogP contribution in [0.25, 0.3) is 11.0 Å². The third-order valence-corrected chi connectivity index (χ3v) is 7.37. The van der Waals surface area contributed by atoms with Crippen LogP contribution in [0.2, 0.25) is 5.02 Å². The van der Waals surface area contributed by atoms with Gasteiger partial charge in [-0.15, -0.1) is 0 Å². The summed E-state index contributed by atoms with van der Waals surface area (Å²) < 4.78 is 35.0. The van der Waals surface area contributed by atoms with E-state index in [1.807, 2.05) is 19.9 Å². The maximum Gasteiger partial charge on any atom is 0.268 e. The van der Waals surface area contributed by atoms with Gasteiger partial charge in [0, 0.05) is 18.7 Å². The van der Waals surface area contributed by atoms with Crippen LogP contribution in [-0.4, -0.2) is 42.3 Å². The number of para-hydroxylation sites is 2. The third-order valence-electron chi connectivity index (χ3n) is 5.53. The Morgan fingerprint density at radius 2 is 1.50 bits per heavy atom. The lowest BCUT2D eigenvalue weighted by atomic mass is 10.1. The van der Waals surface area contributed by atoms with Gasteiger partial charge in [-0.3, -0.25) is 9.52 Å². The largest absolute Gasteiger partial charge is 0.457 e. The lowest BCUT2D eigenvalue weighted by molar-refractivity contribution is -0.138. The van der Waals surface area contributed by atoms with Crippen molar-refractivity contribution in [2.45, 2.75) is 24.8 Å². The first-order valence-corrected chi connectivity index (χ1v) is 13.2. The van der Waals surface area contributed by atoms with E-state index in [0.29, 0.717) is 29.7 Å². The number of carbonyl (C=O) groups excluding carboxylic acids is 1. The molecule has 1 aromatic heterocycles. The molecule has 0 bridgehead atoms. The normalized spacial score (nSPS) is 12.2. The number of amides is 1. The molecule has 186 valence electrons. The zero-order valence-corrected chi connectivity index (χ0v) is 21.3. The average Bonchev–Trinajstić information content (AvgIpc) is 2.88. The summed E-state index contributed by atoms with van der Waals surface area (Å²) in [5.41, 5.74) is 1.53. The first kappa shape index (κ1) is 25.4. The van der Waals surface area contributed by atoms with E-state index in [0.717, 1.165) is 0 Å². The first-order valence-electron chi connectivity index (χ1n) is 11.4. The number of anilines is 1. The van der Waals surface area contributed by atoms with Crippen LogP contribution < -0.4 is 9.46 Å². The molecule has 1 amide bonds. The van der Waals surface area contributed by atoms with Crippen molar-refractivity contribution in [3.8, 4) is 5.88 Å². The summed E-state index contributed by atoms with van der Waals surface area (Å²) in [4.78, 5) is 23.9. The quantitative estimate of drug-likeness (QED) is 0.328. The van der Waals surface area contributed by atoms with Gasteiger partial charge < -0.3 is 9.64 Å². The Kier molecular flexibility index (Phi) is 7.71. The van der Waals surface area contributed by atoms with Gasteiger partial charge in [0.25, 0.3) is 21.8 Å². The Hall–Kier alpha value is -3.69. The number of sulfonamides is 1. The van der Waals surface area contributed by atoms with Crippen molar-refractivity contribution in [2.24, 2.45) is 0 Å². The Morgan fingerprint density at radius 3 is 2.14 bits per heavy atom. The van der Waals surface area contributed by atoms with Gasteiger partial charge in [0.1, 0.15) is 4.90 Å². The summed E-state index contributed by atoms with van der Waals surface area (Å²) in [5, 5.41) is 0.0556. The fourth-order valence-electron chi connectivity index (χ4n) is 3.68. The molecule has 0 aliphatic rings. The molecule has 0 aliphatic carbocycles. The van der Waals surface area contributed by atoms with Crippen LogP contribution in [0.15, 0.2) is 83.8 Å². The number of benzene rings is 3. The van der Waals surface area contributed by atoms with Crippen LogP contribution in [0.4, 0.5) is 5.82 Å². The van der Waals surface area contributed by atoms with Crippen molar-refractivity contribution in [1.82, 2.24) is 14.9 Å². The van der Waals surface area contributed by atoms with E-state index in [2.05, 4.69) is 14.7 Å². The molecule has 0 spiro atoms. The highest BCUT2D eigenvalue weighted by atomic mass is 35.5. The maximum atomic E-state index is 13.4. The number of rotatable bonds is 9. The lowest BCUT2D eigenvalue weighted by Crippen LogP contribution is -2.37. The molecule has 36 heavy (non-hydrogen) atoms. The fraction of sp³-hybridized carbons (Fsp3) is 0.192. The molecule has 1 atom stereocenters. The van der Waals surface area contributed by atoms with E-state index in [4.69, 9.17) is 16.3 Å². The number of fused-ring (bicyclic) bond motifs is 1. The molecule has 4 rings (SSSR count). The first-order chi connectivity index (χ1) is 17.3. The molecular formula is C26H25ClN4O4S. The van der Waals surface area contributed by atoms with Crippen LogP contribution in [0.1, 0.15) is 25.5 Å². The van der Waals surface area contributed by atoms with Crippen LogP contribution >= 0.6 is 11.6 Å². The number of carbonyl (C=O) groups is 1. The van der Waals surface area contributed by atoms with E-state index in [1.54, 1.807) is 65.6 Å². The second kappa shape index (κ2) is 10.9. The molecule has 10 heteroatoms. The third kappa shape index (κ3) is 5.42. The zero-order valence-electron chi connectivity index (χ0n) is 19.8. The minimum Gasteiger partial charge on any atom is -0.457 e. The van der Waals surface area contributed by atoms with Gasteiger partial charge in [-0.2, -0.15) is 0 Å². The zero-order chi connectivity index (χ0) is 25.7. The highest BCUT2D eigenvalue weighted by Gasteiger charge is 2.30. The van der Waals surface area contributed by atoms with Crippen molar-refractivity contribution >= 4 is 44.4 Å². The van der Waals surface area contributed by atoms with E-state index >= 15 is 0 Å². The van der Waals surface area contributed by atoms with Crippen LogP contribution in [-0.2, 0) is 14.8 Å². The summed E-state index contributed by atoms with van der Waals surface area (Å²) >= 11 is 6.15. The smallest absolute Gasteiger partial charge is 0.268 e. The Balaban J connectivity index is 1.82. The number of likely N-dealkylation sites (N-methyl/N-ethyl adjacent to an activating group) is 1. The van der Waals surface area contributed by atoms with Gasteiger partial charge in [-0.1, -0.05) is 66.2 Å². The summed E-state index contributed by atoms with van der Waals surface area (Å²) in [6, 6.07) is 22.0. The minimum atomic E-state index is -4.14.